The second-order valence-electron chi connectivity index (χ2n) is 22.4. The fourth-order valence-electron chi connectivity index (χ4n) is 9.04. The van der Waals surface area contributed by atoms with E-state index in [1.165, 1.54) is 6.92 Å². The van der Waals surface area contributed by atoms with Crippen molar-refractivity contribution in [2.45, 2.75) is 216 Å². The van der Waals surface area contributed by atoms with Gasteiger partial charge in [0.1, 0.15) is 54.4 Å². The Morgan fingerprint density at radius 1 is 0.411 bits per heavy atom. The number of nitrogens with one attached hydrogen (secondary N) is 9. The van der Waals surface area contributed by atoms with Crippen LogP contribution in [0.25, 0.3) is 0 Å². The summed E-state index contributed by atoms with van der Waals surface area (Å²) in [5.41, 5.74) is 35.0. The number of nitrogens with two attached hydrogens (primary N) is 6. The van der Waals surface area contributed by atoms with Crippen LogP contribution in [0.2, 0.25) is 0 Å². The summed E-state index contributed by atoms with van der Waals surface area (Å²) in [7, 11) is 0. The smallest absolute Gasteiger partial charge is 0.326 e. The van der Waals surface area contributed by atoms with Gasteiger partial charge in [0, 0.05) is 25.0 Å². The largest absolute Gasteiger partial charge is 0.481 e. The van der Waals surface area contributed by atoms with Gasteiger partial charge in [-0.2, -0.15) is 0 Å². The zero-order valence-corrected chi connectivity index (χ0v) is 53.1. The summed E-state index contributed by atoms with van der Waals surface area (Å²) >= 11 is 1.03. The molecule has 30 nitrogen and oxygen atoms in total. The number of hydrogen-bond acceptors (Lipinski definition) is 19. The Morgan fingerprint density at radius 2 is 0.767 bits per heavy atom. The highest BCUT2D eigenvalue weighted by Gasteiger charge is 2.36. The van der Waals surface area contributed by atoms with Crippen LogP contribution < -0.4 is 82.3 Å². The van der Waals surface area contributed by atoms with Crippen LogP contribution in [0.4, 0.5) is 0 Å². The maximum absolute atomic E-state index is 14.4. The normalized spacial score (nSPS) is 14.1. The summed E-state index contributed by atoms with van der Waals surface area (Å²) in [4.78, 5) is 173. The molecule has 0 aliphatic heterocycles. The Kier molecular flexibility index (Phi) is 41.9. The highest BCUT2D eigenvalue weighted by Crippen LogP contribution is 2.17. The molecule has 0 aromatic heterocycles. The quantitative estimate of drug-likeness (QED) is 0.0318. The lowest BCUT2D eigenvalue weighted by molar-refractivity contribution is -0.144. The van der Waals surface area contributed by atoms with E-state index in [0.29, 0.717) is 70.0 Å². The number of rotatable bonds is 50. The first kappa shape index (κ1) is 80.7. The van der Waals surface area contributed by atoms with Crippen LogP contribution in [0.5, 0.6) is 0 Å². The first-order valence-corrected chi connectivity index (χ1v) is 31.9. The van der Waals surface area contributed by atoms with Gasteiger partial charge < -0.3 is 92.5 Å². The van der Waals surface area contributed by atoms with Crippen molar-refractivity contribution in [3.05, 3.63) is 35.9 Å². The molecule has 1 rings (SSSR count). The number of carboxylic acids is 2. The molecule has 0 aliphatic carbocycles. The fraction of sp³-hybridized carbons (Fsp3) is 0.678. The first-order valence-electron chi connectivity index (χ1n) is 31.0. The van der Waals surface area contributed by atoms with Gasteiger partial charge in [0.2, 0.25) is 59.1 Å². The molecule has 0 saturated heterocycles. The Balaban J connectivity index is 3.46. The molecule has 90 heavy (non-hydrogen) atoms. The minimum Gasteiger partial charge on any atom is -0.481 e. The molecule has 31 heteroatoms. The number of amides is 10. The maximum Gasteiger partial charge on any atom is 0.326 e. The number of thioether (sulfide) groups is 1. The van der Waals surface area contributed by atoms with Gasteiger partial charge in [-0.1, -0.05) is 55.9 Å². The van der Waals surface area contributed by atoms with Crippen molar-refractivity contribution in [2.75, 3.05) is 32.7 Å². The minimum atomic E-state index is -1.76. The lowest BCUT2D eigenvalue weighted by Gasteiger charge is -2.28. The third kappa shape index (κ3) is 35.2. The lowest BCUT2D eigenvalue weighted by Crippen LogP contribution is -2.60. The monoisotopic (exact) mass is 1290 g/mol. The zero-order valence-electron chi connectivity index (χ0n) is 52.3. The standard InChI is InChI=1S/C59H101N15O15S/c1-36(2)33-45(57(86)74-46(34-49(77)78)58(87)72-44(59(88)89)23-11-16-32-64)73-56(85)42(22-10-15-31-63)71-55(84)41(21-9-14-30-62)70-54(83)40(20-8-13-29-61)69-53(82)39(19-7-12-28-60)68-51(80)37(3)66-52(81)43(24-25-47(65)75)67-48(76)26-27-50(79)90-35-38-17-5-4-6-18-38/h4-6,17-18,36-37,39-46H,7-16,19-35,60-64H2,1-3H3,(H2,65,75)(H,66,81)(H,67,76)(H,68,80)(H,69,82)(H,70,83)(H,71,84)(H,72,87)(H,73,85)(H,74,86)(H,77,78)(H,88,89)/t37-,39-,40-,41-,42-,43-,44-,45-,46-/m0/s1. The fourth-order valence-corrected chi connectivity index (χ4v) is 9.81. The molecule has 0 fully saturated rings. The van der Waals surface area contributed by atoms with E-state index in [9.17, 15) is 72.5 Å². The molecule has 10 amide bonds. The van der Waals surface area contributed by atoms with Gasteiger partial charge in [0.25, 0.3) is 0 Å². The molecule has 1 aromatic rings. The van der Waals surface area contributed by atoms with E-state index in [4.69, 9.17) is 34.4 Å². The first-order chi connectivity index (χ1) is 42.8. The van der Waals surface area contributed by atoms with Crippen molar-refractivity contribution < 1.29 is 72.5 Å². The van der Waals surface area contributed by atoms with E-state index in [-0.39, 0.29) is 108 Å². The molecular formula is C59H101N15O15S. The average Bonchev–Trinajstić information content (AvgIpc) is 2.74. The van der Waals surface area contributed by atoms with Crippen molar-refractivity contribution in [1.82, 2.24) is 47.9 Å². The Labute approximate surface area is 531 Å². The van der Waals surface area contributed by atoms with Crippen LogP contribution in [0.1, 0.15) is 161 Å². The number of unbranched alkanes of at least 4 members (excludes halogenated alkanes) is 5. The molecule has 23 N–H and O–H groups in total. The molecule has 0 bridgehead atoms. The summed E-state index contributed by atoms with van der Waals surface area (Å²) in [6.45, 7) is 5.95. The molecule has 1 aromatic carbocycles. The van der Waals surface area contributed by atoms with Crippen LogP contribution in [-0.4, -0.2) is 173 Å². The number of carboxylic acid groups (broad SMARTS) is 2. The van der Waals surface area contributed by atoms with E-state index in [1.54, 1.807) is 13.8 Å². The Bertz CT molecular complexity index is 2450. The van der Waals surface area contributed by atoms with E-state index >= 15 is 0 Å². The summed E-state index contributed by atoms with van der Waals surface area (Å²) in [5, 5.41) is 42.1. The molecule has 9 atom stereocenters. The van der Waals surface area contributed by atoms with Crippen molar-refractivity contribution in [3.63, 3.8) is 0 Å². The van der Waals surface area contributed by atoms with Crippen LogP contribution in [0.3, 0.4) is 0 Å². The van der Waals surface area contributed by atoms with Gasteiger partial charge in [-0.3, -0.25) is 57.5 Å². The van der Waals surface area contributed by atoms with Crippen LogP contribution in [0, 0.1) is 5.92 Å². The number of primary amides is 1. The maximum atomic E-state index is 14.4. The van der Waals surface area contributed by atoms with Crippen LogP contribution in [0.15, 0.2) is 30.3 Å². The topological polar surface area (TPSA) is 527 Å². The number of hydrogen-bond donors (Lipinski definition) is 17. The van der Waals surface area contributed by atoms with Gasteiger partial charge in [0.15, 0.2) is 5.12 Å². The molecule has 0 unspecified atom stereocenters. The SMILES string of the molecule is CC(C)C[C@H](NC(=O)[C@H](CCCCN)NC(=O)[C@H](CCCCN)NC(=O)[C@H](CCCCN)NC(=O)[C@H](CCCCN)NC(=O)[C@H](C)NC(=O)[C@H](CCC(N)=O)NC(=O)CCC(=O)SCc1ccccc1)C(=O)N[C@@H](CC(=O)O)C(=O)N[C@@H](CCCCN)C(=O)O. The predicted molar refractivity (Wildman–Crippen MR) is 337 cm³/mol. The van der Waals surface area contributed by atoms with E-state index in [1.807, 2.05) is 30.3 Å². The summed E-state index contributed by atoms with van der Waals surface area (Å²) in [5.74, 6) is -11.3. The molecule has 0 heterocycles. The minimum absolute atomic E-state index is 0.000976. The second kappa shape index (κ2) is 46.7. The Hall–Kier alpha value is -7.32. The van der Waals surface area contributed by atoms with Crippen molar-refractivity contribution in [3.8, 4) is 0 Å². The van der Waals surface area contributed by atoms with E-state index < -0.39 is 132 Å². The van der Waals surface area contributed by atoms with Gasteiger partial charge >= 0.3 is 11.9 Å². The molecule has 0 aliphatic rings. The summed E-state index contributed by atoms with van der Waals surface area (Å²) in [6, 6.07) is -3.39. The number of carbonyl (C=O) groups is 13. The molecule has 0 spiro atoms. The second-order valence-corrected chi connectivity index (χ2v) is 23.5. The average molecular weight is 1290 g/mol. The van der Waals surface area contributed by atoms with Crippen LogP contribution >= 0.6 is 11.8 Å². The van der Waals surface area contributed by atoms with Crippen molar-refractivity contribution in [2.24, 2.45) is 40.3 Å². The van der Waals surface area contributed by atoms with Crippen molar-refractivity contribution in [1.29, 1.82) is 0 Å². The lowest BCUT2D eigenvalue weighted by atomic mass is 10.0. The van der Waals surface area contributed by atoms with Gasteiger partial charge in [-0.15, -0.1) is 0 Å². The molecule has 0 saturated carbocycles. The highest BCUT2D eigenvalue weighted by atomic mass is 32.2. The number of aliphatic carboxylic acids is 2. The number of benzene rings is 1. The van der Waals surface area contributed by atoms with Gasteiger partial charge in [-0.05, 0) is 160 Å². The highest BCUT2D eigenvalue weighted by molar-refractivity contribution is 8.12. The molecule has 0 radical (unpaired) electrons. The van der Waals surface area contributed by atoms with Crippen LogP contribution in [-0.2, 0) is 68.1 Å². The molecule has 508 valence electrons. The van der Waals surface area contributed by atoms with E-state index in [0.717, 1.165) is 17.3 Å². The third-order valence-corrected chi connectivity index (χ3v) is 15.1. The molecular weight excluding hydrogens is 1190 g/mol. The van der Waals surface area contributed by atoms with Gasteiger partial charge in [-0.25, -0.2) is 4.79 Å². The van der Waals surface area contributed by atoms with Gasteiger partial charge in [0.05, 0.1) is 6.42 Å². The zero-order chi connectivity index (χ0) is 67.6. The predicted octanol–water partition coefficient (Wildman–Crippen LogP) is -1.87. The third-order valence-electron chi connectivity index (χ3n) is 14.1. The Morgan fingerprint density at radius 3 is 1.17 bits per heavy atom. The van der Waals surface area contributed by atoms with Crippen molar-refractivity contribution >= 4 is 87.9 Å². The summed E-state index contributed by atoms with van der Waals surface area (Å²) in [6.07, 6.45) is 1.75. The number of carbonyl (C=O) groups excluding carboxylic acids is 11. The summed E-state index contributed by atoms with van der Waals surface area (Å²) < 4.78 is 0. The van der Waals surface area contributed by atoms with E-state index in [2.05, 4.69) is 47.9 Å².